The standard InChI is InChI=1S/C15H19FN2O3/c1-18(10-11-6-2-3-7-12(11)16)14(21)17-15(13(19)20)8-4-5-9-15/h2-3,6-7H,4-5,8-10H2,1H3,(H,17,21)(H,19,20). The van der Waals surface area contributed by atoms with Crippen molar-refractivity contribution in [2.45, 2.75) is 37.8 Å². The lowest BCUT2D eigenvalue weighted by Crippen LogP contribution is -2.55. The molecule has 0 radical (unpaired) electrons. The van der Waals surface area contributed by atoms with E-state index in [0.29, 0.717) is 18.4 Å². The summed E-state index contributed by atoms with van der Waals surface area (Å²) in [6, 6.07) is 5.71. The monoisotopic (exact) mass is 294 g/mol. The van der Waals surface area contributed by atoms with Gasteiger partial charge in [-0.3, -0.25) is 0 Å². The third kappa shape index (κ3) is 3.32. The molecule has 1 aromatic carbocycles. The average Bonchev–Trinajstić information content (AvgIpc) is 2.91. The van der Waals surface area contributed by atoms with E-state index in [2.05, 4.69) is 5.32 Å². The number of halogens is 1. The predicted molar refractivity (Wildman–Crippen MR) is 75.2 cm³/mol. The van der Waals surface area contributed by atoms with Crippen molar-refractivity contribution >= 4 is 12.0 Å². The summed E-state index contributed by atoms with van der Waals surface area (Å²) in [4.78, 5) is 24.8. The molecule has 0 saturated heterocycles. The summed E-state index contributed by atoms with van der Waals surface area (Å²) < 4.78 is 13.6. The van der Waals surface area contributed by atoms with E-state index in [-0.39, 0.29) is 12.4 Å². The number of carbonyl (C=O) groups excluding carboxylic acids is 1. The summed E-state index contributed by atoms with van der Waals surface area (Å²) in [6.45, 7) is 0.0915. The predicted octanol–water partition coefficient (Wildman–Crippen LogP) is 2.36. The Morgan fingerprint density at radius 3 is 2.52 bits per heavy atom. The van der Waals surface area contributed by atoms with Crippen LogP contribution in [0.25, 0.3) is 0 Å². The summed E-state index contributed by atoms with van der Waals surface area (Å²) in [5.41, 5.74) is -0.786. The number of hydrogen-bond donors (Lipinski definition) is 2. The molecule has 0 aromatic heterocycles. The zero-order valence-corrected chi connectivity index (χ0v) is 11.9. The molecule has 5 nitrogen and oxygen atoms in total. The topological polar surface area (TPSA) is 69.6 Å². The number of nitrogens with one attached hydrogen (secondary N) is 1. The van der Waals surface area contributed by atoms with Crippen molar-refractivity contribution in [3.63, 3.8) is 0 Å². The maximum atomic E-state index is 13.6. The minimum absolute atomic E-state index is 0.0915. The normalized spacial score (nSPS) is 16.5. The van der Waals surface area contributed by atoms with Crippen LogP contribution < -0.4 is 5.32 Å². The van der Waals surface area contributed by atoms with E-state index in [1.54, 1.807) is 18.2 Å². The van der Waals surface area contributed by atoms with Crippen LogP contribution in [-0.4, -0.2) is 34.6 Å². The number of hydrogen-bond acceptors (Lipinski definition) is 2. The smallest absolute Gasteiger partial charge is 0.329 e. The zero-order valence-electron chi connectivity index (χ0n) is 11.9. The van der Waals surface area contributed by atoms with Gasteiger partial charge in [-0.2, -0.15) is 0 Å². The van der Waals surface area contributed by atoms with Gasteiger partial charge in [0.05, 0.1) is 0 Å². The van der Waals surface area contributed by atoms with Gasteiger partial charge in [-0.05, 0) is 18.9 Å². The van der Waals surface area contributed by atoms with Crippen LogP contribution in [0.1, 0.15) is 31.2 Å². The molecule has 21 heavy (non-hydrogen) atoms. The first-order valence-electron chi connectivity index (χ1n) is 6.95. The first-order chi connectivity index (χ1) is 9.94. The molecule has 1 aliphatic rings. The van der Waals surface area contributed by atoms with Gasteiger partial charge in [0, 0.05) is 19.2 Å². The number of carboxylic acid groups (broad SMARTS) is 1. The number of rotatable bonds is 4. The summed E-state index contributed by atoms with van der Waals surface area (Å²) >= 11 is 0. The highest BCUT2D eigenvalue weighted by atomic mass is 19.1. The molecule has 1 saturated carbocycles. The molecular formula is C15H19FN2O3. The van der Waals surface area contributed by atoms with Crippen molar-refractivity contribution in [2.75, 3.05) is 7.05 Å². The second-order valence-electron chi connectivity index (χ2n) is 5.47. The summed E-state index contributed by atoms with van der Waals surface area (Å²) in [5.74, 6) is -1.39. The van der Waals surface area contributed by atoms with Crippen LogP contribution in [0.3, 0.4) is 0 Å². The number of benzene rings is 1. The molecule has 2 amide bonds. The quantitative estimate of drug-likeness (QED) is 0.895. The molecular weight excluding hydrogens is 275 g/mol. The van der Waals surface area contributed by atoms with Gasteiger partial charge in [0.2, 0.25) is 0 Å². The molecule has 1 aliphatic carbocycles. The summed E-state index contributed by atoms with van der Waals surface area (Å²) in [5, 5.41) is 11.9. The molecule has 1 fully saturated rings. The van der Waals surface area contributed by atoms with Crippen molar-refractivity contribution in [1.82, 2.24) is 10.2 Å². The van der Waals surface area contributed by atoms with Gasteiger partial charge in [-0.1, -0.05) is 31.0 Å². The minimum atomic E-state index is -1.18. The number of aliphatic carboxylic acids is 1. The molecule has 114 valence electrons. The van der Waals surface area contributed by atoms with Crippen LogP contribution in [0.4, 0.5) is 9.18 Å². The Balaban J connectivity index is 2.03. The molecule has 0 heterocycles. The highest BCUT2D eigenvalue weighted by Gasteiger charge is 2.43. The molecule has 1 aromatic rings. The zero-order chi connectivity index (χ0) is 15.5. The lowest BCUT2D eigenvalue weighted by atomic mass is 9.98. The average molecular weight is 294 g/mol. The van der Waals surface area contributed by atoms with Crippen LogP contribution in [0, 0.1) is 5.82 Å². The fourth-order valence-electron chi connectivity index (χ4n) is 2.62. The van der Waals surface area contributed by atoms with Crippen molar-refractivity contribution in [1.29, 1.82) is 0 Å². The van der Waals surface area contributed by atoms with Gasteiger partial charge in [0.15, 0.2) is 0 Å². The van der Waals surface area contributed by atoms with Gasteiger partial charge >= 0.3 is 12.0 Å². The molecule has 6 heteroatoms. The first-order valence-corrected chi connectivity index (χ1v) is 6.95. The van der Waals surface area contributed by atoms with Crippen LogP contribution in [0.2, 0.25) is 0 Å². The molecule has 0 aliphatic heterocycles. The maximum Gasteiger partial charge on any atom is 0.329 e. The van der Waals surface area contributed by atoms with Crippen molar-refractivity contribution in [3.05, 3.63) is 35.6 Å². The lowest BCUT2D eigenvalue weighted by molar-refractivity contribution is -0.144. The first kappa shape index (κ1) is 15.3. The van der Waals surface area contributed by atoms with Crippen molar-refractivity contribution < 1.29 is 19.1 Å². The molecule has 2 N–H and O–H groups in total. The van der Waals surface area contributed by atoms with E-state index in [9.17, 15) is 19.1 Å². The van der Waals surface area contributed by atoms with Gasteiger partial charge < -0.3 is 15.3 Å². The third-order valence-electron chi connectivity index (χ3n) is 3.92. The van der Waals surface area contributed by atoms with E-state index < -0.39 is 17.5 Å². The van der Waals surface area contributed by atoms with Crippen LogP contribution in [-0.2, 0) is 11.3 Å². The third-order valence-corrected chi connectivity index (χ3v) is 3.92. The highest BCUT2D eigenvalue weighted by Crippen LogP contribution is 2.30. The Hall–Kier alpha value is -2.11. The molecule has 0 bridgehead atoms. The SMILES string of the molecule is CN(Cc1ccccc1F)C(=O)NC1(C(=O)O)CCCC1. The maximum absolute atomic E-state index is 13.6. The molecule has 2 rings (SSSR count). The fraction of sp³-hybridized carbons (Fsp3) is 0.467. The van der Waals surface area contributed by atoms with E-state index in [0.717, 1.165) is 12.8 Å². The second-order valence-corrected chi connectivity index (χ2v) is 5.47. The minimum Gasteiger partial charge on any atom is -0.480 e. The van der Waals surface area contributed by atoms with Crippen molar-refractivity contribution in [2.24, 2.45) is 0 Å². The highest BCUT2D eigenvalue weighted by molar-refractivity contribution is 5.86. The Morgan fingerprint density at radius 2 is 1.95 bits per heavy atom. The van der Waals surface area contributed by atoms with Gasteiger partial charge in [-0.15, -0.1) is 0 Å². The largest absolute Gasteiger partial charge is 0.480 e. The van der Waals surface area contributed by atoms with E-state index in [1.807, 2.05) is 0 Å². The Labute approximate surface area is 122 Å². The second kappa shape index (κ2) is 6.11. The summed E-state index contributed by atoms with van der Waals surface area (Å²) in [7, 11) is 1.52. The van der Waals surface area contributed by atoms with Crippen LogP contribution in [0.5, 0.6) is 0 Å². The van der Waals surface area contributed by atoms with Gasteiger partial charge in [-0.25, -0.2) is 14.0 Å². The molecule has 0 spiro atoms. The Kier molecular flexibility index (Phi) is 4.45. The van der Waals surface area contributed by atoms with Gasteiger partial charge in [0.1, 0.15) is 11.4 Å². The number of carbonyl (C=O) groups is 2. The number of amides is 2. The summed E-state index contributed by atoms with van der Waals surface area (Å²) in [6.07, 6.45) is 2.43. The fourth-order valence-corrected chi connectivity index (χ4v) is 2.62. The molecule has 0 atom stereocenters. The number of carboxylic acids is 1. The van der Waals surface area contributed by atoms with E-state index in [4.69, 9.17) is 0 Å². The van der Waals surface area contributed by atoms with E-state index >= 15 is 0 Å². The lowest BCUT2D eigenvalue weighted by Gasteiger charge is -2.28. The number of urea groups is 1. The Bertz CT molecular complexity index is 541. The van der Waals surface area contributed by atoms with Crippen LogP contribution >= 0.6 is 0 Å². The van der Waals surface area contributed by atoms with Crippen LogP contribution in [0.15, 0.2) is 24.3 Å². The molecule has 0 unspecified atom stereocenters. The van der Waals surface area contributed by atoms with Crippen molar-refractivity contribution in [3.8, 4) is 0 Å². The van der Waals surface area contributed by atoms with E-state index in [1.165, 1.54) is 18.0 Å². The van der Waals surface area contributed by atoms with Gasteiger partial charge in [0.25, 0.3) is 0 Å². The number of nitrogens with zero attached hydrogens (tertiary/aromatic N) is 1. The Morgan fingerprint density at radius 1 is 1.33 bits per heavy atom.